The molecule has 0 heterocycles. The topological polar surface area (TPSA) is 99.4 Å². The van der Waals surface area contributed by atoms with Gasteiger partial charge in [0.15, 0.2) is 23.0 Å². The molecule has 4 aromatic rings. The van der Waals surface area contributed by atoms with Crippen LogP contribution in [0.15, 0.2) is 108 Å². The third-order valence-electron chi connectivity index (χ3n) is 10.4. The Balaban J connectivity index is 0.000000320. The highest BCUT2D eigenvalue weighted by molar-refractivity contribution is 5.59. The third-order valence-corrected chi connectivity index (χ3v) is 10.4. The molecule has 0 amide bonds. The van der Waals surface area contributed by atoms with Gasteiger partial charge in [-0.15, -0.1) is 0 Å². The molecule has 0 aliphatic rings. The first kappa shape index (κ1) is 48.7. The largest absolute Gasteiger partial charge is 0.507 e. The lowest BCUT2D eigenvalue weighted by Crippen LogP contribution is -1.97. The van der Waals surface area contributed by atoms with E-state index in [9.17, 15) is 20.4 Å². The molecular formula is C54H70O6. The van der Waals surface area contributed by atoms with E-state index in [1.807, 2.05) is 30.3 Å². The monoisotopic (exact) mass is 815 g/mol. The maximum atomic E-state index is 10.8. The Kier molecular flexibility index (Phi) is 19.4. The Bertz CT molecular complexity index is 2130. The summed E-state index contributed by atoms with van der Waals surface area (Å²) in [5.41, 5.74) is 11.9. The van der Waals surface area contributed by atoms with E-state index in [2.05, 4.69) is 130 Å². The average Bonchev–Trinajstić information content (AvgIpc) is 3.21. The molecule has 4 rings (SSSR count). The van der Waals surface area contributed by atoms with Crippen molar-refractivity contribution in [2.24, 2.45) is 5.92 Å². The quantitative estimate of drug-likeness (QED) is 0.0792. The molecule has 60 heavy (non-hydrogen) atoms. The van der Waals surface area contributed by atoms with E-state index in [-0.39, 0.29) is 23.3 Å². The summed E-state index contributed by atoms with van der Waals surface area (Å²) in [4.78, 5) is 0. The van der Waals surface area contributed by atoms with Crippen molar-refractivity contribution >= 4 is 12.2 Å². The standard InChI is InChI=1S/C27H34O3.C27H36O3/c1-18(2)7-12-22-16-24(17-23(27(22)29)13-8-19(3)4)20(5)9-10-21-11-14-25(28)26(15-21)30-6;1-18(2)7-11-23-15-21(16-24(27(23)29)12-8-19(3)4)10-9-20(5)22-13-14-25(28)26(17-22)30-6/h7-11,14-17,20,28-29H,12-13H2,1-6H3;7,9-10,13-17,19-20,28-29H,8,11-12H2,1-6H3/b2*10-9+. The van der Waals surface area contributed by atoms with Crippen molar-refractivity contribution in [2.45, 2.75) is 113 Å². The lowest BCUT2D eigenvalue weighted by atomic mass is 9.92. The lowest BCUT2D eigenvalue weighted by molar-refractivity contribution is 0.373. The molecule has 4 N–H and O–H groups in total. The molecule has 0 fully saturated rings. The summed E-state index contributed by atoms with van der Waals surface area (Å²) in [6.45, 7) is 21.1. The number of allylic oxidation sites excluding steroid dienone is 8. The predicted molar refractivity (Wildman–Crippen MR) is 253 cm³/mol. The van der Waals surface area contributed by atoms with E-state index >= 15 is 0 Å². The van der Waals surface area contributed by atoms with E-state index in [0.717, 1.165) is 71.0 Å². The second-order valence-corrected chi connectivity index (χ2v) is 16.9. The number of phenolic OH excluding ortho intramolecular Hbond substituents is 4. The number of phenols is 4. The molecule has 0 saturated carbocycles. The van der Waals surface area contributed by atoms with Gasteiger partial charge < -0.3 is 29.9 Å². The summed E-state index contributed by atoms with van der Waals surface area (Å²) in [7, 11) is 3.10. The van der Waals surface area contributed by atoms with Gasteiger partial charge in [-0.2, -0.15) is 0 Å². The number of methoxy groups -OCH3 is 2. The van der Waals surface area contributed by atoms with Crippen LogP contribution in [0.2, 0.25) is 0 Å². The van der Waals surface area contributed by atoms with Crippen LogP contribution >= 0.6 is 0 Å². The van der Waals surface area contributed by atoms with Crippen LogP contribution in [0.5, 0.6) is 34.5 Å². The predicted octanol–water partition coefficient (Wildman–Crippen LogP) is 14.0. The molecule has 2 atom stereocenters. The molecule has 322 valence electrons. The molecule has 0 saturated heterocycles. The Morgan fingerprint density at radius 1 is 0.517 bits per heavy atom. The molecule has 0 aromatic heterocycles. The van der Waals surface area contributed by atoms with E-state index in [0.29, 0.717) is 28.9 Å². The fourth-order valence-electron chi connectivity index (χ4n) is 6.49. The van der Waals surface area contributed by atoms with Crippen molar-refractivity contribution in [2.75, 3.05) is 14.2 Å². The normalized spacial score (nSPS) is 12.2. The van der Waals surface area contributed by atoms with Gasteiger partial charge in [0.1, 0.15) is 11.5 Å². The number of ether oxygens (including phenoxy) is 2. The van der Waals surface area contributed by atoms with Crippen molar-refractivity contribution < 1.29 is 29.9 Å². The first-order chi connectivity index (χ1) is 28.4. The Labute approximate surface area is 361 Å². The minimum absolute atomic E-state index is 0.133. The zero-order valence-corrected chi connectivity index (χ0v) is 38.2. The molecule has 6 heteroatoms. The van der Waals surface area contributed by atoms with Gasteiger partial charge in [0, 0.05) is 0 Å². The smallest absolute Gasteiger partial charge is 0.161 e. The Morgan fingerprint density at radius 3 is 1.45 bits per heavy atom. The number of rotatable bonds is 17. The highest BCUT2D eigenvalue weighted by atomic mass is 16.5. The third kappa shape index (κ3) is 15.5. The van der Waals surface area contributed by atoms with Crippen LogP contribution in [0.3, 0.4) is 0 Å². The Morgan fingerprint density at radius 2 is 0.950 bits per heavy atom. The molecular weight excluding hydrogens is 745 g/mol. The first-order valence-electron chi connectivity index (χ1n) is 21.1. The molecule has 0 spiro atoms. The Hall–Kier alpha value is -5.62. The number of benzene rings is 4. The van der Waals surface area contributed by atoms with Crippen LogP contribution in [0, 0.1) is 5.92 Å². The van der Waals surface area contributed by atoms with Gasteiger partial charge in [0.25, 0.3) is 0 Å². The van der Waals surface area contributed by atoms with Gasteiger partial charge in [-0.25, -0.2) is 0 Å². The van der Waals surface area contributed by atoms with Gasteiger partial charge in [-0.3, -0.25) is 0 Å². The summed E-state index contributed by atoms with van der Waals surface area (Å²) in [6, 6.07) is 19.2. The molecule has 0 bridgehead atoms. The van der Waals surface area contributed by atoms with Crippen molar-refractivity contribution in [3.63, 3.8) is 0 Å². The second kappa shape index (κ2) is 23.8. The van der Waals surface area contributed by atoms with Crippen molar-refractivity contribution in [3.8, 4) is 34.5 Å². The van der Waals surface area contributed by atoms with Crippen LogP contribution in [0.25, 0.3) is 12.2 Å². The van der Waals surface area contributed by atoms with Crippen molar-refractivity contribution in [1.29, 1.82) is 0 Å². The zero-order chi connectivity index (χ0) is 44.5. The summed E-state index contributed by atoms with van der Waals surface area (Å²) in [5, 5.41) is 41.2. The maximum Gasteiger partial charge on any atom is 0.161 e. The van der Waals surface area contributed by atoms with Crippen LogP contribution in [0.1, 0.15) is 132 Å². The number of hydrogen-bond donors (Lipinski definition) is 4. The van der Waals surface area contributed by atoms with Crippen LogP contribution in [-0.4, -0.2) is 34.6 Å². The molecule has 6 nitrogen and oxygen atoms in total. The molecule has 0 aliphatic heterocycles. The summed E-state index contributed by atoms with van der Waals surface area (Å²) < 4.78 is 10.4. The SMILES string of the molecule is COc1cc(/C=C/C(C)c2cc(CC=C(C)C)c(O)c(CC=C(C)C)c2)ccc1O.COc1cc(C(C)/C=C/c2cc(CC=C(C)C)c(O)c(CCC(C)C)c2)ccc1O. The van der Waals surface area contributed by atoms with Gasteiger partial charge in [-0.05, 0) is 172 Å². The fourth-order valence-corrected chi connectivity index (χ4v) is 6.49. The van der Waals surface area contributed by atoms with Crippen LogP contribution in [0.4, 0.5) is 0 Å². The maximum absolute atomic E-state index is 10.8. The molecule has 2 unspecified atom stereocenters. The van der Waals surface area contributed by atoms with Gasteiger partial charge >= 0.3 is 0 Å². The summed E-state index contributed by atoms with van der Waals surface area (Å²) >= 11 is 0. The molecule has 0 radical (unpaired) electrons. The van der Waals surface area contributed by atoms with Crippen LogP contribution in [-0.2, 0) is 25.7 Å². The molecule has 0 aliphatic carbocycles. The van der Waals surface area contributed by atoms with E-state index in [4.69, 9.17) is 9.47 Å². The zero-order valence-electron chi connectivity index (χ0n) is 38.2. The number of aromatic hydroxyl groups is 4. The highest BCUT2D eigenvalue weighted by Gasteiger charge is 2.14. The summed E-state index contributed by atoms with van der Waals surface area (Å²) in [5.74, 6) is 2.97. The number of hydrogen-bond acceptors (Lipinski definition) is 6. The van der Waals surface area contributed by atoms with Gasteiger partial charge in [0.05, 0.1) is 14.2 Å². The first-order valence-corrected chi connectivity index (χ1v) is 21.1. The molecule has 4 aromatic carbocycles. The van der Waals surface area contributed by atoms with Gasteiger partial charge in [0.2, 0.25) is 0 Å². The number of aryl methyl sites for hydroxylation is 1. The minimum Gasteiger partial charge on any atom is -0.507 e. The second-order valence-electron chi connectivity index (χ2n) is 16.9. The average molecular weight is 815 g/mol. The fraction of sp³-hybridized carbons (Fsp3) is 0.370. The highest BCUT2D eigenvalue weighted by Crippen LogP contribution is 2.34. The van der Waals surface area contributed by atoms with Crippen molar-refractivity contribution in [1.82, 2.24) is 0 Å². The lowest BCUT2D eigenvalue weighted by Gasteiger charge is -2.15. The van der Waals surface area contributed by atoms with Crippen LogP contribution < -0.4 is 9.47 Å². The van der Waals surface area contributed by atoms with Crippen molar-refractivity contribution in [3.05, 3.63) is 152 Å². The summed E-state index contributed by atoms with van der Waals surface area (Å²) in [6.07, 6.45) is 19.0. The van der Waals surface area contributed by atoms with Gasteiger partial charge in [-0.1, -0.05) is 111 Å². The minimum atomic E-state index is 0.133. The van der Waals surface area contributed by atoms with E-state index < -0.39 is 0 Å². The van der Waals surface area contributed by atoms with E-state index in [1.165, 1.54) is 22.3 Å². The van der Waals surface area contributed by atoms with E-state index in [1.54, 1.807) is 26.4 Å².